The molecule has 17 heavy (non-hydrogen) atoms. The number of hydrogen-bond acceptors (Lipinski definition) is 2. The van der Waals surface area contributed by atoms with Crippen molar-refractivity contribution in [2.75, 3.05) is 0 Å². The summed E-state index contributed by atoms with van der Waals surface area (Å²) in [5, 5.41) is 0.0537. The van der Waals surface area contributed by atoms with E-state index >= 15 is 0 Å². The molecule has 0 aliphatic heterocycles. The Labute approximate surface area is 110 Å². The fourth-order valence-electron chi connectivity index (χ4n) is 1.62. The number of para-hydroxylation sites is 1. The highest BCUT2D eigenvalue weighted by atomic mass is 35.5. The minimum atomic E-state index is -0.495. The molecule has 1 atom stereocenters. The van der Waals surface area contributed by atoms with E-state index < -0.39 is 5.38 Å². The number of fused-ring (bicyclic) bond motifs is 1. The SMILES string of the molecule is C=CC(Cl)c1nc2ccccc2cc1C(=O)S. The van der Waals surface area contributed by atoms with Crippen LogP contribution in [0.4, 0.5) is 0 Å². The summed E-state index contributed by atoms with van der Waals surface area (Å²) in [6, 6.07) is 9.30. The Morgan fingerprint density at radius 2 is 2.18 bits per heavy atom. The summed E-state index contributed by atoms with van der Waals surface area (Å²) in [4.78, 5) is 15.9. The number of pyridine rings is 1. The summed E-state index contributed by atoms with van der Waals surface area (Å²) in [6.45, 7) is 3.61. The fraction of sp³-hybridized carbons (Fsp3) is 0.0769. The van der Waals surface area contributed by atoms with Gasteiger partial charge in [0.15, 0.2) is 0 Å². The summed E-state index contributed by atoms with van der Waals surface area (Å²) in [5.74, 6) is 0. The van der Waals surface area contributed by atoms with Crippen LogP contribution >= 0.6 is 24.2 Å². The van der Waals surface area contributed by atoms with Gasteiger partial charge in [0, 0.05) is 5.39 Å². The van der Waals surface area contributed by atoms with Crippen LogP contribution in [0.15, 0.2) is 43.0 Å². The van der Waals surface area contributed by atoms with Gasteiger partial charge in [-0.1, -0.05) is 24.3 Å². The maximum atomic E-state index is 11.5. The van der Waals surface area contributed by atoms with Crippen LogP contribution in [0, 0.1) is 0 Å². The topological polar surface area (TPSA) is 30.0 Å². The maximum absolute atomic E-state index is 11.5. The van der Waals surface area contributed by atoms with Gasteiger partial charge in [-0.05, 0) is 12.1 Å². The predicted octanol–water partition coefficient (Wildman–Crippen LogP) is 3.77. The molecule has 0 fully saturated rings. The zero-order valence-corrected chi connectivity index (χ0v) is 10.6. The fourth-order valence-corrected chi connectivity index (χ4v) is 1.97. The lowest BCUT2D eigenvalue weighted by Crippen LogP contribution is -2.02. The number of alkyl halides is 1. The van der Waals surface area contributed by atoms with Crippen LogP contribution in [-0.2, 0) is 0 Å². The number of allylic oxidation sites excluding steroid dienone is 1. The Morgan fingerprint density at radius 3 is 2.82 bits per heavy atom. The lowest BCUT2D eigenvalue weighted by atomic mass is 10.1. The molecule has 2 rings (SSSR count). The average Bonchev–Trinajstić information content (AvgIpc) is 2.36. The van der Waals surface area contributed by atoms with Crippen molar-refractivity contribution < 1.29 is 4.79 Å². The highest BCUT2D eigenvalue weighted by Gasteiger charge is 2.16. The van der Waals surface area contributed by atoms with Crippen molar-refractivity contribution in [3.8, 4) is 0 Å². The molecular weight excluding hydrogens is 254 g/mol. The van der Waals surface area contributed by atoms with Gasteiger partial charge in [-0.2, -0.15) is 0 Å². The van der Waals surface area contributed by atoms with E-state index in [4.69, 9.17) is 11.6 Å². The number of benzene rings is 1. The molecule has 0 N–H and O–H groups in total. The predicted molar refractivity (Wildman–Crippen MR) is 73.9 cm³/mol. The number of aromatic nitrogens is 1. The largest absolute Gasteiger partial charge is 0.282 e. The first-order valence-electron chi connectivity index (χ1n) is 5.03. The number of nitrogens with zero attached hydrogens (tertiary/aromatic N) is 1. The Balaban J connectivity index is 2.74. The minimum absolute atomic E-state index is 0.342. The molecule has 0 amide bonds. The molecule has 1 aromatic carbocycles. The molecule has 0 aliphatic rings. The highest BCUT2D eigenvalue weighted by Crippen LogP contribution is 2.27. The quantitative estimate of drug-likeness (QED) is 0.519. The molecular formula is C13H10ClNOS. The van der Waals surface area contributed by atoms with Crippen molar-refractivity contribution in [1.29, 1.82) is 0 Å². The number of carbonyl (C=O) groups is 1. The van der Waals surface area contributed by atoms with E-state index in [1.165, 1.54) is 0 Å². The minimum Gasteiger partial charge on any atom is -0.282 e. The third kappa shape index (κ3) is 2.35. The van der Waals surface area contributed by atoms with Crippen LogP contribution in [0.5, 0.6) is 0 Å². The lowest BCUT2D eigenvalue weighted by Gasteiger charge is -2.10. The Hall–Kier alpha value is -1.32. The van der Waals surface area contributed by atoms with Crippen molar-refractivity contribution in [1.82, 2.24) is 4.98 Å². The van der Waals surface area contributed by atoms with Gasteiger partial charge in [-0.3, -0.25) is 9.78 Å². The molecule has 0 bridgehead atoms. The van der Waals surface area contributed by atoms with E-state index in [1.54, 1.807) is 12.1 Å². The molecule has 4 heteroatoms. The van der Waals surface area contributed by atoms with Gasteiger partial charge >= 0.3 is 0 Å². The number of thiol groups is 1. The number of carbonyl (C=O) groups excluding carboxylic acids is 1. The van der Waals surface area contributed by atoms with Gasteiger partial charge in [0.05, 0.1) is 22.2 Å². The molecule has 0 radical (unpaired) electrons. The molecule has 0 saturated heterocycles. The van der Waals surface area contributed by atoms with Gasteiger partial charge in [0.2, 0.25) is 5.12 Å². The molecule has 2 aromatic rings. The van der Waals surface area contributed by atoms with Crippen LogP contribution in [0.2, 0.25) is 0 Å². The second-order valence-electron chi connectivity index (χ2n) is 3.56. The summed E-state index contributed by atoms with van der Waals surface area (Å²) >= 11 is 9.92. The third-order valence-electron chi connectivity index (χ3n) is 2.45. The molecule has 1 heterocycles. The van der Waals surface area contributed by atoms with Crippen LogP contribution in [0.3, 0.4) is 0 Å². The first kappa shape index (κ1) is 12.1. The highest BCUT2D eigenvalue weighted by molar-refractivity contribution is 7.97. The molecule has 0 spiro atoms. The molecule has 2 nitrogen and oxygen atoms in total. The molecule has 1 unspecified atom stereocenters. The average molecular weight is 264 g/mol. The molecule has 86 valence electrons. The van der Waals surface area contributed by atoms with Crippen LogP contribution in [-0.4, -0.2) is 10.1 Å². The summed E-state index contributed by atoms with van der Waals surface area (Å²) < 4.78 is 0. The smallest absolute Gasteiger partial charge is 0.218 e. The first-order valence-corrected chi connectivity index (χ1v) is 5.91. The van der Waals surface area contributed by atoms with Crippen molar-refractivity contribution in [2.45, 2.75) is 5.38 Å². The van der Waals surface area contributed by atoms with Gasteiger partial charge in [0.1, 0.15) is 0 Å². The Bertz CT molecular complexity index is 597. The number of halogens is 1. The third-order valence-corrected chi connectivity index (χ3v) is 3.08. The normalized spacial score (nSPS) is 12.4. The van der Waals surface area contributed by atoms with Crippen molar-refractivity contribution >= 4 is 40.2 Å². The van der Waals surface area contributed by atoms with E-state index in [-0.39, 0.29) is 5.12 Å². The zero-order chi connectivity index (χ0) is 12.4. The van der Waals surface area contributed by atoms with E-state index in [1.807, 2.05) is 24.3 Å². The molecule has 0 saturated carbocycles. The standard InChI is InChI=1S/C13H10ClNOS/c1-2-10(14)12-9(13(16)17)7-8-5-3-4-6-11(8)15-12/h2-7,10H,1H2,(H,16,17). The summed E-state index contributed by atoms with van der Waals surface area (Å²) in [6.07, 6.45) is 1.54. The van der Waals surface area contributed by atoms with Gasteiger partial charge in [-0.25, -0.2) is 0 Å². The van der Waals surface area contributed by atoms with Crippen molar-refractivity contribution in [3.63, 3.8) is 0 Å². The van der Waals surface area contributed by atoms with Gasteiger partial charge in [0.25, 0.3) is 0 Å². The Kier molecular flexibility index (Phi) is 3.50. The van der Waals surface area contributed by atoms with Crippen molar-refractivity contribution in [3.05, 3.63) is 54.2 Å². The number of hydrogen-bond donors (Lipinski definition) is 1. The first-order chi connectivity index (χ1) is 8.13. The molecule has 1 aromatic heterocycles. The van der Waals surface area contributed by atoms with E-state index in [0.717, 1.165) is 10.9 Å². The maximum Gasteiger partial charge on any atom is 0.218 e. The molecule has 0 aliphatic carbocycles. The van der Waals surface area contributed by atoms with Crippen molar-refractivity contribution in [2.24, 2.45) is 0 Å². The van der Waals surface area contributed by atoms with Crippen LogP contribution in [0.25, 0.3) is 10.9 Å². The zero-order valence-electron chi connectivity index (χ0n) is 8.93. The van der Waals surface area contributed by atoms with E-state index in [2.05, 4.69) is 24.2 Å². The van der Waals surface area contributed by atoms with Crippen LogP contribution in [0.1, 0.15) is 21.4 Å². The van der Waals surface area contributed by atoms with Crippen LogP contribution < -0.4 is 0 Å². The lowest BCUT2D eigenvalue weighted by molar-refractivity contribution is 0.109. The van der Waals surface area contributed by atoms with Gasteiger partial charge in [-0.15, -0.1) is 30.8 Å². The Morgan fingerprint density at radius 1 is 1.47 bits per heavy atom. The second-order valence-corrected chi connectivity index (χ2v) is 4.43. The van der Waals surface area contributed by atoms with E-state index in [0.29, 0.717) is 11.3 Å². The summed E-state index contributed by atoms with van der Waals surface area (Å²) in [5.41, 5.74) is 1.72. The summed E-state index contributed by atoms with van der Waals surface area (Å²) in [7, 11) is 0. The monoisotopic (exact) mass is 263 g/mol. The number of rotatable bonds is 3. The van der Waals surface area contributed by atoms with Gasteiger partial charge < -0.3 is 0 Å². The second kappa shape index (κ2) is 4.90. The van der Waals surface area contributed by atoms with E-state index in [9.17, 15) is 4.79 Å².